The molecule has 2 rings (SSSR count). The number of carbonyl (C=O) groups excluding carboxylic acids is 1. The smallest absolute Gasteiger partial charge is 0.434 e. The number of halogens is 6. The molecule has 0 spiro atoms. The van der Waals surface area contributed by atoms with Gasteiger partial charge in [0.2, 0.25) is 0 Å². The van der Waals surface area contributed by atoms with E-state index in [1.807, 2.05) is 0 Å². The number of alkyl halides is 3. The Bertz CT molecular complexity index is 928. The van der Waals surface area contributed by atoms with Crippen molar-refractivity contribution in [3.63, 3.8) is 0 Å². The fraction of sp³-hybridized carbons (Fsp3) is 0.312. The van der Waals surface area contributed by atoms with E-state index < -0.39 is 53.4 Å². The highest BCUT2D eigenvalue weighted by atomic mass is 35.5. The van der Waals surface area contributed by atoms with E-state index in [1.54, 1.807) is 0 Å². The van der Waals surface area contributed by atoms with Crippen LogP contribution in [0.2, 0.25) is 10.0 Å². The Labute approximate surface area is 165 Å². The van der Waals surface area contributed by atoms with Crippen molar-refractivity contribution in [1.29, 1.82) is 0 Å². The van der Waals surface area contributed by atoms with Crippen molar-refractivity contribution >= 4 is 35.1 Å². The first-order valence-electron chi connectivity index (χ1n) is 7.57. The molecule has 0 aliphatic carbocycles. The van der Waals surface area contributed by atoms with Crippen molar-refractivity contribution in [2.45, 2.75) is 25.6 Å². The molecule has 0 fully saturated rings. The minimum Gasteiger partial charge on any atom is -0.481 e. The van der Waals surface area contributed by atoms with Crippen molar-refractivity contribution in [3.8, 4) is 11.3 Å². The first-order chi connectivity index (χ1) is 12.9. The second-order valence-electron chi connectivity index (χ2n) is 5.61. The van der Waals surface area contributed by atoms with E-state index in [1.165, 1.54) is 0 Å². The van der Waals surface area contributed by atoms with Gasteiger partial charge in [-0.25, -0.2) is 4.39 Å². The summed E-state index contributed by atoms with van der Waals surface area (Å²) >= 11 is 11.7. The van der Waals surface area contributed by atoms with E-state index in [4.69, 9.17) is 33.0 Å². The highest BCUT2D eigenvalue weighted by Gasteiger charge is 2.39. The summed E-state index contributed by atoms with van der Waals surface area (Å²) in [5.74, 6) is -3.00. The predicted octanol–water partition coefficient (Wildman–Crippen LogP) is 4.46. The monoisotopic (exact) mass is 442 g/mol. The number of carboxylic acid groups (broad SMARTS) is 1. The highest BCUT2D eigenvalue weighted by molar-refractivity contribution is 6.34. The molecule has 2 aromatic rings. The average Bonchev–Trinajstić information content (AvgIpc) is 2.86. The van der Waals surface area contributed by atoms with Crippen LogP contribution in [0.1, 0.15) is 24.1 Å². The molecule has 1 N–H and O–H groups in total. The number of aryl methyl sites for hydroxylation is 1. The molecule has 1 heterocycles. The summed E-state index contributed by atoms with van der Waals surface area (Å²) in [6.45, 7) is -0.443. The highest BCUT2D eigenvalue weighted by Crippen LogP contribution is 2.40. The number of esters is 1. The second-order valence-corrected chi connectivity index (χ2v) is 6.40. The van der Waals surface area contributed by atoms with Gasteiger partial charge in [0.05, 0.1) is 22.9 Å². The number of nitrogens with zero attached hydrogens (tertiary/aromatic N) is 2. The topological polar surface area (TPSA) is 81.4 Å². The fourth-order valence-corrected chi connectivity index (χ4v) is 2.88. The van der Waals surface area contributed by atoms with Crippen molar-refractivity contribution in [2.75, 3.05) is 0 Å². The number of rotatable bonds is 6. The lowest BCUT2D eigenvalue weighted by atomic mass is 10.1. The number of aromatic nitrogens is 2. The van der Waals surface area contributed by atoms with Gasteiger partial charge in [0, 0.05) is 18.2 Å². The largest absolute Gasteiger partial charge is 0.481 e. The third-order valence-electron chi connectivity index (χ3n) is 3.58. The van der Waals surface area contributed by atoms with Gasteiger partial charge in [-0.15, -0.1) is 0 Å². The maximum Gasteiger partial charge on any atom is 0.434 e. The van der Waals surface area contributed by atoms with Gasteiger partial charge >= 0.3 is 18.1 Å². The number of hydrogen-bond donors (Lipinski definition) is 1. The number of carbonyl (C=O) groups is 2. The van der Waals surface area contributed by atoms with Gasteiger partial charge in [-0.2, -0.15) is 18.3 Å². The Balaban J connectivity index is 2.34. The number of aliphatic carboxylic acids is 1. The van der Waals surface area contributed by atoms with Gasteiger partial charge in [-0.3, -0.25) is 14.3 Å². The second kappa shape index (κ2) is 8.36. The molecule has 0 aliphatic heterocycles. The van der Waals surface area contributed by atoms with Gasteiger partial charge < -0.3 is 9.84 Å². The van der Waals surface area contributed by atoms with Gasteiger partial charge in [-0.1, -0.05) is 23.2 Å². The maximum atomic E-state index is 14.3. The van der Waals surface area contributed by atoms with E-state index in [0.29, 0.717) is 4.68 Å². The Morgan fingerprint density at radius 2 is 1.89 bits per heavy atom. The number of hydrogen-bond acceptors (Lipinski definition) is 4. The van der Waals surface area contributed by atoms with E-state index in [9.17, 15) is 27.2 Å². The normalized spacial score (nSPS) is 11.5. The summed E-state index contributed by atoms with van der Waals surface area (Å²) in [5, 5.41) is 11.2. The summed E-state index contributed by atoms with van der Waals surface area (Å²) < 4.78 is 58.8. The first-order valence-corrected chi connectivity index (χ1v) is 8.32. The molecule has 152 valence electrons. The van der Waals surface area contributed by atoms with E-state index in [-0.39, 0.29) is 22.6 Å². The van der Waals surface area contributed by atoms with Crippen LogP contribution in [0.25, 0.3) is 11.3 Å². The molecule has 0 saturated heterocycles. The molecule has 12 heteroatoms. The molecule has 6 nitrogen and oxygen atoms in total. The van der Waals surface area contributed by atoms with Gasteiger partial charge in [-0.05, 0) is 12.1 Å². The molecule has 0 saturated carbocycles. The van der Waals surface area contributed by atoms with Crippen LogP contribution in [-0.4, -0.2) is 26.8 Å². The third-order valence-corrected chi connectivity index (χ3v) is 4.29. The quantitative estimate of drug-likeness (QED) is 0.527. The average molecular weight is 443 g/mol. The van der Waals surface area contributed by atoms with Crippen molar-refractivity contribution in [1.82, 2.24) is 9.78 Å². The minimum atomic E-state index is -4.80. The molecule has 0 bridgehead atoms. The van der Waals surface area contributed by atoms with E-state index in [2.05, 4.69) is 5.10 Å². The lowest BCUT2D eigenvalue weighted by molar-refractivity contribution is -0.148. The molecule has 1 aromatic carbocycles. The lowest BCUT2D eigenvalue weighted by Gasteiger charge is -2.09. The Morgan fingerprint density at radius 1 is 1.25 bits per heavy atom. The maximum absolute atomic E-state index is 14.3. The van der Waals surface area contributed by atoms with Crippen LogP contribution in [-0.2, 0) is 34.2 Å². The van der Waals surface area contributed by atoms with Crippen LogP contribution in [0.5, 0.6) is 0 Å². The fourth-order valence-electron chi connectivity index (χ4n) is 2.30. The predicted molar refractivity (Wildman–Crippen MR) is 90.3 cm³/mol. The van der Waals surface area contributed by atoms with E-state index >= 15 is 0 Å². The van der Waals surface area contributed by atoms with Gasteiger partial charge in [0.25, 0.3) is 0 Å². The number of carboxylic acids is 1. The summed E-state index contributed by atoms with van der Waals surface area (Å²) in [4.78, 5) is 21.9. The van der Waals surface area contributed by atoms with Crippen LogP contribution < -0.4 is 0 Å². The van der Waals surface area contributed by atoms with Gasteiger partial charge in [0.15, 0.2) is 5.69 Å². The summed E-state index contributed by atoms with van der Waals surface area (Å²) in [6.07, 6.45) is -5.63. The number of benzene rings is 1. The summed E-state index contributed by atoms with van der Waals surface area (Å²) in [5.41, 5.74) is -1.99. The van der Waals surface area contributed by atoms with Crippen LogP contribution >= 0.6 is 23.2 Å². The zero-order valence-corrected chi connectivity index (χ0v) is 15.6. The van der Waals surface area contributed by atoms with Crippen LogP contribution in [0.3, 0.4) is 0 Å². The Morgan fingerprint density at radius 3 is 2.43 bits per heavy atom. The Kier molecular flexibility index (Phi) is 6.56. The Hall–Kier alpha value is -2.33. The molecule has 0 atom stereocenters. The first kappa shape index (κ1) is 22.0. The minimum absolute atomic E-state index is 0.0806. The van der Waals surface area contributed by atoms with Crippen molar-refractivity contribution in [2.24, 2.45) is 7.05 Å². The molecular weight excluding hydrogens is 431 g/mol. The standard InChI is InChI=1S/C16H12Cl2F4N2O4/c1-24-15(16(20,21)22)13(18)14(23-24)8-4-7(9(17)5-10(8)19)6-28-12(27)3-2-11(25)26/h4-5H,2-3,6H2,1H3,(H,25,26). The molecule has 0 amide bonds. The molecule has 28 heavy (non-hydrogen) atoms. The molecular formula is C16H12Cl2F4N2O4. The molecule has 0 aliphatic rings. The van der Waals surface area contributed by atoms with Gasteiger partial charge in [0.1, 0.15) is 18.1 Å². The SMILES string of the molecule is Cn1nc(-c2cc(COC(=O)CCC(=O)O)c(Cl)cc2F)c(Cl)c1C(F)(F)F. The molecule has 0 radical (unpaired) electrons. The zero-order chi connectivity index (χ0) is 21.2. The van der Waals surface area contributed by atoms with Crippen LogP contribution in [0.15, 0.2) is 12.1 Å². The number of ether oxygens (including phenoxy) is 1. The van der Waals surface area contributed by atoms with E-state index in [0.717, 1.165) is 19.2 Å². The zero-order valence-electron chi connectivity index (χ0n) is 14.1. The third kappa shape index (κ3) is 4.93. The summed E-state index contributed by atoms with van der Waals surface area (Å²) in [6, 6.07) is 1.89. The van der Waals surface area contributed by atoms with Crippen LogP contribution in [0.4, 0.5) is 17.6 Å². The van der Waals surface area contributed by atoms with Crippen molar-refractivity contribution in [3.05, 3.63) is 39.3 Å². The molecule has 1 aromatic heterocycles. The summed E-state index contributed by atoms with van der Waals surface area (Å²) in [7, 11) is 1.01. The van der Waals surface area contributed by atoms with Crippen LogP contribution in [0, 0.1) is 5.82 Å². The lowest BCUT2D eigenvalue weighted by Crippen LogP contribution is -2.12. The van der Waals surface area contributed by atoms with Crippen molar-refractivity contribution < 1.29 is 37.0 Å². The molecule has 0 unspecified atom stereocenters.